The Balaban J connectivity index is 1.91. The van der Waals surface area contributed by atoms with E-state index in [1.807, 2.05) is 0 Å². The van der Waals surface area contributed by atoms with Gasteiger partial charge in [-0.05, 0) is 55.2 Å². The fourth-order valence-corrected chi connectivity index (χ4v) is 4.26. The smallest absolute Gasteiger partial charge is 0.328 e. The van der Waals surface area contributed by atoms with Crippen LogP contribution in [0.3, 0.4) is 0 Å². The molecule has 1 N–H and O–H groups in total. The van der Waals surface area contributed by atoms with Gasteiger partial charge in [-0.25, -0.2) is 13.6 Å². The quantitative estimate of drug-likeness (QED) is 0.846. The molecule has 1 saturated carbocycles. The second-order valence-corrected chi connectivity index (χ2v) is 8.56. The van der Waals surface area contributed by atoms with Crippen molar-refractivity contribution >= 4 is 11.9 Å². The van der Waals surface area contributed by atoms with Gasteiger partial charge in [0.15, 0.2) is 17.7 Å². The minimum Gasteiger partial charge on any atom is -0.480 e. The summed E-state index contributed by atoms with van der Waals surface area (Å²) in [7, 11) is 0. The van der Waals surface area contributed by atoms with Crippen LogP contribution in [0.25, 0.3) is 0 Å². The number of carboxylic acids is 1. The van der Waals surface area contributed by atoms with E-state index in [0.29, 0.717) is 18.8 Å². The molecule has 1 aromatic rings. The average Bonchev–Trinajstić information content (AvgIpc) is 2.95. The van der Waals surface area contributed by atoms with E-state index in [2.05, 4.69) is 20.8 Å². The molecule has 0 bridgehead atoms. The number of aliphatic carboxylic acids is 1. The van der Waals surface area contributed by atoms with Crippen LogP contribution in [0.5, 0.6) is 0 Å². The van der Waals surface area contributed by atoms with Crippen molar-refractivity contribution in [1.82, 2.24) is 4.90 Å². The SMILES string of the molecule is CC(C)(C)C1CCC2(CC1)OC[C@@H](C(=O)O)N2C(=O)c1ccc(F)c(F)c1. The van der Waals surface area contributed by atoms with Gasteiger partial charge in [0.1, 0.15) is 5.72 Å². The summed E-state index contributed by atoms with van der Waals surface area (Å²) in [5, 5.41) is 9.57. The first-order valence-electron chi connectivity index (χ1n) is 9.21. The molecule has 0 unspecified atom stereocenters. The lowest BCUT2D eigenvalue weighted by atomic mass is 9.70. The fourth-order valence-electron chi connectivity index (χ4n) is 4.26. The van der Waals surface area contributed by atoms with Gasteiger partial charge in [0.25, 0.3) is 5.91 Å². The van der Waals surface area contributed by atoms with Crippen LogP contribution in [0.1, 0.15) is 56.8 Å². The van der Waals surface area contributed by atoms with Crippen LogP contribution in [0, 0.1) is 23.0 Å². The molecule has 1 atom stereocenters. The maximum absolute atomic E-state index is 13.6. The summed E-state index contributed by atoms with van der Waals surface area (Å²) >= 11 is 0. The van der Waals surface area contributed by atoms with Gasteiger partial charge >= 0.3 is 5.97 Å². The first kappa shape index (κ1) is 19.7. The summed E-state index contributed by atoms with van der Waals surface area (Å²) in [6.07, 6.45) is 2.65. The normalized spacial score (nSPS) is 28.6. The monoisotopic (exact) mass is 381 g/mol. The molecule has 3 rings (SSSR count). The van der Waals surface area contributed by atoms with E-state index in [4.69, 9.17) is 4.74 Å². The van der Waals surface area contributed by atoms with Gasteiger partial charge in [-0.2, -0.15) is 0 Å². The van der Waals surface area contributed by atoms with Gasteiger partial charge in [-0.3, -0.25) is 9.69 Å². The molecule has 1 heterocycles. The number of carboxylic acid groups (broad SMARTS) is 1. The summed E-state index contributed by atoms with van der Waals surface area (Å²) < 4.78 is 32.7. The Labute approximate surface area is 157 Å². The number of ether oxygens (including phenoxy) is 1. The molecule has 1 aliphatic heterocycles. The first-order chi connectivity index (χ1) is 12.5. The molecule has 2 aliphatic rings. The molecule has 0 radical (unpaired) electrons. The van der Waals surface area contributed by atoms with E-state index in [0.717, 1.165) is 25.0 Å². The van der Waals surface area contributed by atoms with Gasteiger partial charge in [-0.15, -0.1) is 0 Å². The molecular formula is C20H25F2NO4. The zero-order chi connectivity index (χ0) is 20.0. The van der Waals surface area contributed by atoms with Crippen LogP contribution in [0.15, 0.2) is 18.2 Å². The second-order valence-electron chi connectivity index (χ2n) is 8.56. The topological polar surface area (TPSA) is 66.8 Å². The van der Waals surface area contributed by atoms with Crippen molar-refractivity contribution in [3.05, 3.63) is 35.4 Å². The summed E-state index contributed by atoms with van der Waals surface area (Å²) in [6, 6.07) is 1.71. The van der Waals surface area contributed by atoms with Crippen LogP contribution < -0.4 is 0 Å². The predicted octanol–water partition coefficient (Wildman–Crippen LogP) is 3.82. The predicted molar refractivity (Wildman–Crippen MR) is 94.0 cm³/mol. The third-order valence-corrected chi connectivity index (χ3v) is 5.92. The van der Waals surface area contributed by atoms with Gasteiger partial charge in [0.2, 0.25) is 0 Å². The lowest BCUT2D eigenvalue weighted by Gasteiger charge is -2.46. The van der Waals surface area contributed by atoms with E-state index in [1.54, 1.807) is 0 Å². The highest BCUT2D eigenvalue weighted by Crippen LogP contribution is 2.47. The third kappa shape index (κ3) is 3.57. The average molecular weight is 381 g/mol. The zero-order valence-electron chi connectivity index (χ0n) is 15.8. The van der Waals surface area contributed by atoms with Crippen molar-refractivity contribution in [2.75, 3.05) is 6.61 Å². The van der Waals surface area contributed by atoms with Crippen molar-refractivity contribution in [2.45, 2.75) is 58.2 Å². The Kier molecular flexibility index (Phi) is 5.01. The number of rotatable bonds is 2. The Morgan fingerprint density at radius 2 is 1.81 bits per heavy atom. The molecule has 1 amide bonds. The molecule has 148 valence electrons. The Hall–Kier alpha value is -2.02. The van der Waals surface area contributed by atoms with Crippen LogP contribution in [-0.4, -0.2) is 40.3 Å². The maximum Gasteiger partial charge on any atom is 0.328 e. The van der Waals surface area contributed by atoms with Gasteiger partial charge in [0, 0.05) is 5.56 Å². The minimum atomic E-state index is -1.17. The summed E-state index contributed by atoms with van der Waals surface area (Å²) in [5.41, 5.74) is -0.975. The third-order valence-electron chi connectivity index (χ3n) is 5.92. The molecule has 5 nitrogen and oxygen atoms in total. The van der Waals surface area contributed by atoms with E-state index in [-0.39, 0.29) is 17.6 Å². The van der Waals surface area contributed by atoms with Gasteiger partial charge in [-0.1, -0.05) is 20.8 Å². The van der Waals surface area contributed by atoms with Gasteiger partial charge in [0.05, 0.1) is 6.61 Å². The molecule has 0 aromatic heterocycles. The number of halogens is 2. The van der Waals surface area contributed by atoms with Crippen molar-refractivity contribution in [2.24, 2.45) is 11.3 Å². The van der Waals surface area contributed by atoms with Crippen LogP contribution in [-0.2, 0) is 9.53 Å². The number of carbonyl (C=O) groups excluding carboxylic acids is 1. The molecule has 27 heavy (non-hydrogen) atoms. The summed E-state index contributed by atoms with van der Waals surface area (Å²) in [6.45, 7) is 6.38. The molecule has 1 aromatic carbocycles. The Morgan fingerprint density at radius 1 is 1.19 bits per heavy atom. The van der Waals surface area contributed by atoms with Crippen molar-refractivity contribution in [1.29, 1.82) is 0 Å². The van der Waals surface area contributed by atoms with Gasteiger partial charge < -0.3 is 9.84 Å². The number of hydrogen-bond donors (Lipinski definition) is 1. The van der Waals surface area contributed by atoms with Crippen molar-refractivity contribution in [3.8, 4) is 0 Å². The molecule has 1 spiro atoms. The highest BCUT2D eigenvalue weighted by Gasteiger charge is 2.54. The standard InChI is InChI=1S/C20H25F2NO4/c1-19(2,3)13-6-8-20(9-7-13)23(16(11-27-20)18(25)26)17(24)12-4-5-14(21)15(22)10-12/h4-5,10,13,16H,6-9,11H2,1-3H3,(H,25,26)/t13?,16-,20?/m0/s1. The molecule has 7 heteroatoms. The summed E-state index contributed by atoms with van der Waals surface area (Å²) in [4.78, 5) is 26.0. The number of nitrogens with zero attached hydrogens (tertiary/aromatic N) is 1. The maximum atomic E-state index is 13.6. The van der Waals surface area contributed by atoms with Crippen LogP contribution in [0.2, 0.25) is 0 Å². The first-order valence-corrected chi connectivity index (χ1v) is 9.21. The van der Waals surface area contributed by atoms with E-state index in [9.17, 15) is 23.5 Å². The fraction of sp³-hybridized carbons (Fsp3) is 0.600. The van der Waals surface area contributed by atoms with E-state index < -0.39 is 35.3 Å². The Bertz CT molecular complexity index is 751. The molecular weight excluding hydrogens is 356 g/mol. The zero-order valence-corrected chi connectivity index (χ0v) is 15.8. The highest BCUT2D eigenvalue weighted by molar-refractivity contribution is 5.97. The second kappa shape index (κ2) is 6.86. The van der Waals surface area contributed by atoms with E-state index >= 15 is 0 Å². The lowest BCUT2D eigenvalue weighted by Crippen LogP contribution is -2.55. The van der Waals surface area contributed by atoms with Crippen molar-refractivity contribution in [3.63, 3.8) is 0 Å². The Morgan fingerprint density at radius 3 is 2.33 bits per heavy atom. The van der Waals surface area contributed by atoms with E-state index in [1.165, 1.54) is 11.0 Å². The lowest BCUT2D eigenvalue weighted by molar-refractivity contribution is -0.144. The molecule has 1 aliphatic carbocycles. The number of carbonyl (C=O) groups is 2. The molecule has 2 fully saturated rings. The number of amides is 1. The largest absolute Gasteiger partial charge is 0.480 e. The highest BCUT2D eigenvalue weighted by atomic mass is 19.2. The molecule has 1 saturated heterocycles. The van der Waals surface area contributed by atoms with Crippen LogP contribution >= 0.6 is 0 Å². The minimum absolute atomic E-state index is 0.0806. The van der Waals surface area contributed by atoms with Crippen LogP contribution in [0.4, 0.5) is 8.78 Å². The number of hydrogen-bond acceptors (Lipinski definition) is 3. The van der Waals surface area contributed by atoms with Crippen molar-refractivity contribution < 1.29 is 28.2 Å². The number of benzene rings is 1. The summed E-state index contributed by atoms with van der Waals surface area (Å²) in [5.74, 6) is -3.57.